The first-order valence-electron chi connectivity index (χ1n) is 7.38. The van der Waals surface area contributed by atoms with E-state index in [4.69, 9.17) is 0 Å². The van der Waals surface area contributed by atoms with Crippen LogP contribution in [0.1, 0.15) is 51.5 Å². The van der Waals surface area contributed by atoms with Crippen molar-refractivity contribution in [1.82, 2.24) is 0 Å². The Morgan fingerprint density at radius 2 is 2.00 bits per heavy atom. The molecule has 1 aliphatic rings. The van der Waals surface area contributed by atoms with Gasteiger partial charge in [0, 0.05) is 5.56 Å². The van der Waals surface area contributed by atoms with Crippen LogP contribution in [0.15, 0.2) is 24.3 Å². The molecule has 1 aromatic carbocycles. The van der Waals surface area contributed by atoms with Crippen LogP contribution in [-0.4, -0.2) is 5.11 Å². The van der Waals surface area contributed by atoms with Crippen LogP contribution in [0, 0.1) is 28.5 Å². The van der Waals surface area contributed by atoms with E-state index in [1.54, 1.807) is 18.2 Å². The van der Waals surface area contributed by atoms with Gasteiger partial charge in [0.05, 0.1) is 11.5 Å². The predicted octanol–water partition coefficient (Wildman–Crippen LogP) is 4.14. The summed E-state index contributed by atoms with van der Waals surface area (Å²) in [5, 5.41) is 20.9. The average molecular weight is 275 g/mol. The molecule has 0 bridgehead atoms. The minimum absolute atomic E-state index is 0.263. The Bertz CT molecular complexity index is 514. The molecule has 0 radical (unpaired) electrons. The van der Waals surface area contributed by atoms with E-state index in [0.29, 0.717) is 25.2 Å². The highest BCUT2D eigenvalue weighted by Crippen LogP contribution is 2.52. The van der Waals surface area contributed by atoms with Crippen LogP contribution >= 0.6 is 0 Å². The molecule has 0 amide bonds. The smallest absolute Gasteiger partial charge is 0.129 e. The van der Waals surface area contributed by atoms with Crippen molar-refractivity contribution in [2.45, 2.75) is 51.6 Å². The first-order chi connectivity index (χ1) is 9.49. The minimum Gasteiger partial charge on any atom is -0.383 e. The summed E-state index contributed by atoms with van der Waals surface area (Å²) in [6, 6.07) is 8.63. The van der Waals surface area contributed by atoms with Gasteiger partial charge in [-0.15, -0.1) is 0 Å². The SMILES string of the molecule is CCC(O)(c1ccccc1F)C1(C#N)CCC(C)CC1. The highest BCUT2D eigenvalue weighted by molar-refractivity contribution is 5.30. The fourth-order valence-electron chi connectivity index (χ4n) is 3.46. The quantitative estimate of drug-likeness (QED) is 0.900. The van der Waals surface area contributed by atoms with Gasteiger partial charge in [-0.2, -0.15) is 5.26 Å². The second kappa shape index (κ2) is 5.54. The molecule has 108 valence electrons. The van der Waals surface area contributed by atoms with E-state index in [9.17, 15) is 14.8 Å². The molecule has 1 fully saturated rings. The number of nitrogens with zero attached hydrogens (tertiary/aromatic N) is 1. The molecule has 1 atom stereocenters. The molecule has 20 heavy (non-hydrogen) atoms. The Labute approximate surface area is 120 Å². The monoisotopic (exact) mass is 275 g/mol. The number of aliphatic hydroxyl groups is 1. The summed E-state index contributed by atoms with van der Waals surface area (Å²) < 4.78 is 14.1. The average Bonchev–Trinajstić information content (AvgIpc) is 2.48. The number of hydrogen-bond donors (Lipinski definition) is 1. The third kappa shape index (κ3) is 2.23. The van der Waals surface area contributed by atoms with Gasteiger partial charge in [0.1, 0.15) is 11.4 Å². The molecule has 1 aliphatic carbocycles. The lowest BCUT2D eigenvalue weighted by Gasteiger charge is -2.46. The lowest BCUT2D eigenvalue weighted by molar-refractivity contribution is -0.0890. The standard InChI is InChI=1S/C17H22FNO/c1-3-17(20,14-6-4-5-7-15(14)18)16(12-19)10-8-13(2)9-11-16/h4-7,13,20H,3,8-11H2,1-2H3. The minimum atomic E-state index is -1.41. The summed E-state index contributed by atoms with van der Waals surface area (Å²) in [6.45, 7) is 3.99. The van der Waals surface area contributed by atoms with Gasteiger partial charge in [0.2, 0.25) is 0 Å². The summed E-state index contributed by atoms with van der Waals surface area (Å²) in [5.41, 5.74) is -2.03. The van der Waals surface area contributed by atoms with Gasteiger partial charge in [-0.3, -0.25) is 0 Å². The molecule has 1 saturated carbocycles. The molecule has 3 heteroatoms. The van der Waals surface area contributed by atoms with Crippen molar-refractivity contribution in [3.63, 3.8) is 0 Å². The zero-order valence-electron chi connectivity index (χ0n) is 12.2. The maximum Gasteiger partial charge on any atom is 0.129 e. The second-order valence-corrected chi connectivity index (χ2v) is 6.07. The Hall–Kier alpha value is -1.40. The van der Waals surface area contributed by atoms with Gasteiger partial charge >= 0.3 is 0 Å². The number of halogens is 1. The number of hydrogen-bond acceptors (Lipinski definition) is 2. The molecule has 0 aliphatic heterocycles. The maximum absolute atomic E-state index is 14.1. The molecule has 0 saturated heterocycles. The van der Waals surface area contributed by atoms with Crippen LogP contribution in [0.25, 0.3) is 0 Å². The lowest BCUT2D eigenvalue weighted by atomic mass is 9.59. The summed E-state index contributed by atoms with van der Waals surface area (Å²) in [7, 11) is 0. The van der Waals surface area contributed by atoms with Crippen LogP contribution in [-0.2, 0) is 5.60 Å². The fraction of sp³-hybridized carbons (Fsp3) is 0.588. The highest BCUT2D eigenvalue weighted by Gasteiger charge is 2.52. The van der Waals surface area contributed by atoms with Crippen LogP contribution < -0.4 is 0 Å². The number of nitriles is 1. The van der Waals surface area contributed by atoms with Gasteiger partial charge in [-0.05, 0) is 44.1 Å². The Morgan fingerprint density at radius 3 is 2.50 bits per heavy atom. The fourth-order valence-corrected chi connectivity index (χ4v) is 3.46. The molecule has 2 rings (SSSR count). The highest BCUT2D eigenvalue weighted by atomic mass is 19.1. The summed E-state index contributed by atoms with van der Waals surface area (Å²) >= 11 is 0. The van der Waals surface area contributed by atoms with Crippen LogP contribution in [0.2, 0.25) is 0 Å². The van der Waals surface area contributed by atoms with Gasteiger partial charge in [0.15, 0.2) is 0 Å². The molecule has 1 aromatic rings. The molecular weight excluding hydrogens is 253 g/mol. The van der Waals surface area contributed by atoms with Gasteiger partial charge in [-0.25, -0.2) is 4.39 Å². The van der Waals surface area contributed by atoms with E-state index in [0.717, 1.165) is 12.8 Å². The second-order valence-electron chi connectivity index (χ2n) is 6.07. The van der Waals surface area contributed by atoms with E-state index in [2.05, 4.69) is 13.0 Å². The number of rotatable bonds is 3. The Morgan fingerprint density at radius 1 is 1.40 bits per heavy atom. The summed E-state index contributed by atoms with van der Waals surface area (Å²) in [6.07, 6.45) is 3.41. The molecule has 1 unspecified atom stereocenters. The van der Waals surface area contributed by atoms with Gasteiger partial charge < -0.3 is 5.11 Å². The predicted molar refractivity (Wildman–Crippen MR) is 76.3 cm³/mol. The first kappa shape index (κ1) is 15.0. The van der Waals surface area contributed by atoms with E-state index in [-0.39, 0.29) is 5.56 Å². The van der Waals surface area contributed by atoms with Crippen molar-refractivity contribution >= 4 is 0 Å². The van der Waals surface area contributed by atoms with Crippen molar-refractivity contribution in [3.05, 3.63) is 35.6 Å². The van der Waals surface area contributed by atoms with Crippen molar-refractivity contribution in [2.24, 2.45) is 11.3 Å². The largest absolute Gasteiger partial charge is 0.383 e. The molecule has 0 spiro atoms. The van der Waals surface area contributed by atoms with E-state index in [1.807, 2.05) is 6.92 Å². The lowest BCUT2D eigenvalue weighted by Crippen LogP contribution is -2.47. The third-order valence-corrected chi connectivity index (χ3v) is 4.96. The molecule has 0 aromatic heterocycles. The molecule has 0 heterocycles. The topological polar surface area (TPSA) is 44.0 Å². The summed E-state index contributed by atoms with van der Waals surface area (Å²) in [4.78, 5) is 0. The van der Waals surface area contributed by atoms with Crippen molar-refractivity contribution in [3.8, 4) is 6.07 Å². The molecule has 1 N–H and O–H groups in total. The van der Waals surface area contributed by atoms with E-state index < -0.39 is 16.8 Å². The zero-order chi connectivity index (χ0) is 14.8. The Balaban J connectivity index is 2.49. The molecular formula is C17H22FNO. The third-order valence-electron chi connectivity index (χ3n) is 4.96. The number of benzene rings is 1. The van der Waals surface area contributed by atoms with E-state index in [1.165, 1.54) is 6.07 Å². The zero-order valence-corrected chi connectivity index (χ0v) is 12.2. The van der Waals surface area contributed by atoms with Crippen molar-refractivity contribution in [1.29, 1.82) is 5.26 Å². The van der Waals surface area contributed by atoms with Gasteiger partial charge in [-0.1, -0.05) is 32.0 Å². The summed E-state index contributed by atoms with van der Waals surface area (Å²) in [5.74, 6) is 0.142. The maximum atomic E-state index is 14.1. The van der Waals surface area contributed by atoms with Crippen molar-refractivity contribution < 1.29 is 9.50 Å². The Kier molecular flexibility index (Phi) is 4.15. The van der Waals surface area contributed by atoms with E-state index >= 15 is 0 Å². The first-order valence-corrected chi connectivity index (χ1v) is 7.38. The normalized spacial score (nSPS) is 29.4. The van der Waals surface area contributed by atoms with Crippen LogP contribution in [0.5, 0.6) is 0 Å². The van der Waals surface area contributed by atoms with Crippen molar-refractivity contribution in [2.75, 3.05) is 0 Å². The van der Waals surface area contributed by atoms with Gasteiger partial charge in [0.25, 0.3) is 0 Å². The van der Waals surface area contributed by atoms with Crippen LogP contribution in [0.4, 0.5) is 4.39 Å². The van der Waals surface area contributed by atoms with Crippen LogP contribution in [0.3, 0.4) is 0 Å². The molecule has 2 nitrogen and oxygen atoms in total.